The number of benzene rings is 2. The minimum atomic E-state index is 0.563. The number of fused-ring (bicyclic) bond motifs is 1. The first-order chi connectivity index (χ1) is 17.0. The van der Waals surface area contributed by atoms with Crippen molar-refractivity contribution in [3.63, 3.8) is 0 Å². The summed E-state index contributed by atoms with van der Waals surface area (Å²) < 4.78 is 23.9. The van der Waals surface area contributed by atoms with Crippen molar-refractivity contribution in [2.75, 3.05) is 40.3 Å². The molecule has 0 saturated carbocycles. The average Bonchev–Trinajstić information content (AvgIpc) is 3.30. The summed E-state index contributed by atoms with van der Waals surface area (Å²) >= 11 is 0. The molecule has 2 heterocycles. The average molecular weight is 475 g/mol. The number of aromatic nitrogens is 3. The number of hydrogen-bond donors (Lipinski definition) is 1. The van der Waals surface area contributed by atoms with E-state index in [2.05, 4.69) is 16.0 Å². The Balaban J connectivity index is 1.70. The molecule has 0 aliphatic carbocycles. The molecular formula is C27H30N4O4. The molecule has 0 radical (unpaired) electrons. The molecule has 0 unspecified atom stereocenters. The topological polar surface area (TPSA) is 79.7 Å². The van der Waals surface area contributed by atoms with Gasteiger partial charge in [0.05, 0.1) is 34.0 Å². The lowest BCUT2D eigenvalue weighted by Crippen LogP contribution is -2.10. The van der Waals surface area contributed by atoms with Gasteiger partial charge in [0.25, 0.3) is 0 Å². The smallest absolute Gasteiger partial charge is 0.162 e. The SMILES string of the molecule is COc1cc(/C=C/c2nc(NCCc3cccn3C)c3cc(OC)c(OC)cc3n2)cc(OC)c1. The number of nitrogens with zero attached hydrogens (tertiary/aromatic N) is 3. The molecule has 2 aromatic heterocycles. The second kappa shape index (κ2) is 10.8. The van der Waals surface area contributed by atoms with Crippen LogP contribution in [0.5, 0.6) is 23.0 Å². The Morgan fingerprint density at radius 3 is 2.20 bits per heavy atom. The Bertz CT molecular complexity index is 1320. The van der Waals surface area contributed by atoms with Gasteiger partial charge in [-0.3, -0.25) is 0 Å². The summed E-state index contributed by atoms with van der Waals surface area (Å²) in [4.78, 5) is 9.55. The highest BCUT2D eigenvalue weighted by molar-refractivity contribution is 5.92. The molecule has 0 bridgehead atoms. The van der Waals surface area contributed by atoms with Gasteiger partial charge in [-0.05, 0) is 42.0 Å². The second-order valence-electron chi connectivity index (χ2n) is 7.92. The summed E-state index contributed by atoms with van der Waals surface area (Å²) in [6, 6.07) is 13.6. The lowest BCUT2D eigenvalue weighted by molar-refractivity contribution is 0.356. The van der Waals surface area contributed by atoms with Gasteiger partial charge >= 0.3 is 0 Å². The van der Waals surface area contributed by atoms with E-state index in [1.807, 2.05) is 61.8 Å². The minimum Gasteiger partial charge on any atom is -0.497 e. The third-order valence-electron chi connectivity index (χ3n) is 5.74. The van der Waals surface area contributed by atoms with Crippen LogP contribution in [-0.4, -0.2) is 49.5 Å². The lowest BCUT2D eigenvalue weighted by Gasteiger charge is -2.13. The number of aryl methyl sites for hydroxylation is 1. The zero-order valence-corrected chi connectivity index (χ0v) is 20.7. The summed E-state index contributed by atoms with van der Waals surface area (Å²) in [5.74, 6) is 3.95. The van der Waals surface area contributed by atoms with Gasteiger partial charge in [0.2, 0.25) is 0 Å². The van der Waals surface area contributed by atoms with Crippen molar-refractivity contribution >= 4 is 28.9 Å². The number of ether oxygens (including phenoxy) is 4. The van der Waals surface area contributed by atoms with E-state index in [1.165, 1.54) is 5.69 Å². The zero-order chi connectivity index (χ0) is 24.8. The highest BCUT2D eigenvalue weighted by atomic mass is 16.5. The Kier molecular flexibility index (Phi) is 7.40. The monoisotopic (exact) mass is 474 g/mol. The minimum absolute atomic E-state index is 0.563. The molecule has 182 valence electrons. The summed E-state index contributed by atoms with van der Waals surface area (Å²) in [5, 5.41) is 4.34. The van der Waals surface area contributed by atoms with Crippen LogP contribution in [0.3, 0.4) is 0 Å². The fraction of sp³-hybridized carbons (Fsp3) is 0.259. The van der Waals surface area contributed by atoms with Gasteiger partial charge in [0.1, 0.15) is 17.3 Å². The second-order valence-corrected chi connectivity index (χ2v) is 7.92. The van der Waals surface area contributed by atoms with E-state index < -0.39 is 0 Å². The molecule has 0 aliphatic rings. The van der Waals surface area contributed by atoms with Crippen molar-refractivity contribution in [2.24, 2.45) is 7.05 Å². The summed E-state index contributed by atoms with van der Waals surface area (Å²) in [6.07, 6.45) is 6.70. The molecule has 0 atom stereocenters. The van der Waals surface area contributed by atoms with Gasteiger partial charge in [-0.15, -0.1) is 0 Å². The Morgan fingerprint density at radius 1 is 0.857 bits per heavy atom. The predicted octanol–water partition coefficient (Wildman–Crippen LogP) is 4.83. The maximum Gasteiger partial charge on any atom is 0.162 e. The van der Waals surface area contributed by atoms with Gasteiger partial charge in [0.15, 0.2) is 17.3 Å². The molecule has 0 aliphatic heterocycles. The van der Waals surface area contributed by atoms with Gasteiger partial charge in [0, 0.05) is 49.4 Å². The van der Waals surface area contributed by atoms with Gasteiger partial charge in [-0.1, -0.05) is 6.08 Å². The summed E-state index contributed by atoms with van der Waals surface area (Å²) in [5.41, 5.74) is 2.90. The Morgan fingerprint density at radius 2 is 1.57 bits per heavy atom. The van der Waals surface area contributed by atoms with Crippen LogP contribution in [0.4, 0.5) is 5.82 Å². The first-order valence-corrected chi connectivity index (χ1v) is 11.2. The molecule has 0 spiro atoms. The maximum absolute atomic E-state index is 5.51. The van der Waals surface area contributed by atoms with Crippen molar-refractivity contribution < 1.29 is 18.9 Å². The molecule has 8 heteroatoms. The maximum atomic E-state index is 5.51. The number of anilines is 1. The predicted molar refractivity (Wildman–Crippen MR) is 139 cm³/mol. The Labute approximate surface area is 205 Å². The van der Waals surface area contributed by atoms with Gasteiger partial charge in [-0.25, -0.2) is 9.97 Å². The molecule has 0 fully saturated rings. The highest BCUT2D eigenvalue weighted by Gasteiger charge is 2.13. The van der Waals surface area contributed by atoms with E-state index in [-0.39, 0.29) is 0 Å². The van der Waals surface area contributed by atoms with Crippen LogP contribution in [-0.2, 0) is 13.5 Å². The van der Waals surface area contributed by atoms with E-state index in [0.29, 0.717) is 35.4 Å². The lowest BCUT2D eigenvalue weighted by atomic mass is 10.1. The van der Waals surface area contributed by atoms with E-state index in [1.54, 1.807) is 28.4 Å². The van der Waals surface area contributed by atoms with Crippen LogP contribution in [0.25, 0.3) is 23.1 Å². The largest absolute Gasteiger partial charge is 0.497 e. The van der Waals surface area contributed by atoms with E-state index in [9.17, 15) is 0 Å². The van der Waals surface area contributed by atoms with Crippen LogP contribution in [0.2, 0.25) is 0 Å². The van der Waals surface area contributed by atoms with E-state index >= 15 is 0 Å². The fourth-order valence-corrected chi connectivity index (χ4v) is 3.84. The number of rotatable bonds is 10. The van der Waals surface area contributed by atoms with Crippen LogP contribution in [0.1, 0.15) is 17.1 Å². The van der Waals surface area contributed by atoms with Crippen LogP contribution < -0.4 is 24.3 Å². The van der Waals surface area contributed by atoms with Gasteiger partial charge in [-0.2, -0.15) is 0 Å². The molecule has 8 nitrogen and oxygen atoms in total. The first kappa shape index (κ1) is 23.9. The fourth-order valence-electron chi connectivity index (χ4n) is 3.84. The first-order valence-electron chi connectivity index (χ1n) is 11.2. The zero-order valence-electron chi connectivity index (χ0n) is 20.7. The summed E-state index contributed by atoms with van der Waals surface area (Å²) in [7, 11) is 8.53. The molecule has 2 aromatic carbocycles. The van der Waals surface area contributed by atoms with Crippen molar-refractivity contribution in [3.05, 3.63) is 65.7 Å². The molecule has 0 saturated heterocycles. The molecule has 4 rings (SSSR count). The number of methoxy groups -OCH3 is 4. The highest BCUT2D eigenvalue weighted by Crippen LogP contribution is 2.34. The molecule has 0 amide bonds. The quantitative estimate of drug-likeness (QED) is 0.353. The van der Waals surface area contributed by atoms with Crippen molar-refractivity contribution in [2.45, 2.75) is 6.42 Å². The van der Waals surface area contributed by atoms with Crippen LogP contribution in [0.15, 0.2) is 48.7 Å². The van der Waals surface area contributed by atoms with Gasteiger partial charge < -0.3 is 28.8 Å². The standard InChI is InChI=1S/C27H30N4O4/c1-31-12-6-7-19(31)10-11-28-27-22-16-24(34-4)25(35-5)17-23(22)29-26(30-27)9-8-18-13-20(32-2)15-21(14-18)33-3/h6-9,12-17H,10-11H2,1-5H3,(H,28,29,30)/b9-8+. The summed E-state index contributed by atoms with van der Waals surface area (Å²) in [6.45, 7) is 0.717. The number of nitrogens with one attached hydrogen (secondary N) is 1. The molecular weight excluding hydrogens is 444 g/mol. The molecule has 35 heavy (non-hydrogen) atoms. The van der Waals surface area contributed by atoms with E-state index in [4.69, 9.17) is 28.9 Å². The molecule has 4 aromatic rings. The van der Waals surface area contributed by atoms with Crippen molar-refractivity contribution in [1.82, 2.24) is 14.5 Å². The van der Waals surface area contributed by atoms with Crippen molar-refractivity contribution in [1.29, 1.82) is 0 Å². The van der Waals surface area contributed by atoms with Crippen LogP contribution in [0, 0.1) is 0 Å². The third-order valence-corrected chi connectivity index (χ3v) is 5.74. The number of hydrogen-bond acceptors (Lipinski definition) is 7. The third kappa shape index (κ3) is 5.48. The molecule has 1 N–H and O–H groups in total. The van der Waals surface area contributed by atoms with Crippen LogP contribution >= 0.6 is 0 Å². The normalized spacial score (nSPS) is 11.1. The Hall–Kier alpha value is -4.20. The van der Waals surface area contributed by atoms with Crippen molar-refractivity contribution in [3.8, 4) is 23.0 Å². The van der Waals surface area contributed by atoms with E-state index in [0.717, 1.165) is 28.7 Å².